The van der Waals surface area contributed by atoms with E-state index in [-0.39, 0.29) is 11.8 Å². The molecule has 1 aliphatic rings. The summed E-state index contributed by atoms with van der Waals surface area (Å²) in [5.74, 6) is 1.03. The maximum atomic E-state index is 12.1. The van der Waals surface area contributed by atoms with E-state index in [1.807, 2.05) is 29.2 Å². The molecule has 0 aromatic heterocycles. The first-order chi connectivity index (χ1) is 11.1. The van der Waals surface area contributed by atoms with Gasteiger partial charge in [0.15, 0.2) is 0 Å². The Morgan fingerprint density at radius 3 is 2.26 bits per heavy atom. The zero-order valence-corrected chi connectivity index (χ0v) is 13.9. The zero-order chi connectivity index (χ0) is 16.7. The Balaban J connectivity index is 1.64. The molecule has 6 heteroatoms. The SMILES string of the molecule is COc1ccc(CCNCC(=O)N2CCN(C(C)=O)CC2)cc1. The average molecular weight is 319 g/mol. The van der Waals surface area contributed by atoms with Crippen molar-refractivity contribution in [3.8, 4) is 5.75 Å². The van der Waals surface area contributed by atoms with E-state index in [1.54, 1.807) is 18.9 Å². The molecule has 1 saturated heterocycles. The van der Waals surface area contributed by atoms with Crippen molar-refractivity contribution in [2.45, 2.75) is 13.3 Å². The van der Waals surface area contributed by atoms with Crippen molar-refractivity contribution < 1.29 is 14.3 Å². The molecule has 0 spiro atoms. The fourth-order valence-corrected chi connectivity index (χ4v) is 2.60. The predicted octanol–water partition coefficient (Wildman–Crippen LogP) is 0.518. The molecule has 6 nitrogen and oxygen atoms in total. The van der Waals surface area contributed by atoms with Crippen LogP contribution in [-0.4, -0.2) is 68.0 Å². The fraction of sp³-hybridized carbons (Fsp3) is 0.529. The number of nitrogens with zero attached hydrogens (tertiary/aromatic N) is 2. The van der Waals surface area contributed by atoms with E-state index in [0.717, 1.165) is 18.7 Å². The van der Waals surface area contributed by atoms with Gasteiger partial charge in [-0.1, -0.05) is 12.1 Å². The molecule has 0 aliphatic carbocycles. The largest absolute Gasteiger partial charge is 0.497 e. The van der Waals surface area contributed by atoms with Crippen molar-refractivity contribution in [2.24, 2.45) is 0 Å². The lowest BCUT2D eigenvalue weighted by Crippen LogP contribution is -2.51. The first-order valence-electron chi connectivity index (χ1n) is 7.97. The summed E-state index contributed by atoms with van der Waals surface area (Å²) in [4.78, 5) is 27.0. The highest BCUT2D eigenvalue weighted by atomic mass is 16.5. The number of methoxy groups -OCH3 is 1. The smallest absolute Gasteiger partial charge is 0.236 e. The van der Waals surface area contributed by atoms with E-state index >= 15 is 0 Å². The van der Waals surface area contributed by atoms with E-state index in [0.29, 0.717) is 32.7 Å². The number of rotatable bonds is 6. The monoisotopic (exact) mass is 319 g/mol. The molecular formula is C17H25N3O3. The van der Waals surface area contributed by atoms with E-state index < -0.39 is 0 Å². The number of amides is 2. The molecule has 1 aromatic rings. The van der Waals surface area contributed by atoms with Crippen LogP contribution in [0.5, 0.6) is 5.75 Å². The second-order valence-corrected chi connectivity index (χ2v) is 5.66. The summed E-state index contributed by atoms with van der Waals surface area (Å²) in [6.45, 7) is 5.18. The normalized spacial score (nSPS) is 14.7. The number of carbonyl (C=O) groups is 2. The highest BCUT2D eigenvalue weighted by Gasteiger charge is 2.21. The lowest BCUT2D eigenvalue weighted by molar-refractivity contribution is -0.137. The standard InChI is InChI=1S/C17H25N3O3/c1-14(21)19-9-11-20(12-10-19)17(22)13-18-8-7-15-3-5-16(23-2)6-4-15/h3-6,18H,7-13H2,1-2H3. The van der Waals surface area contributed by atoms with Crippen molar-refractivity contribution >= 4 is 11.8 Å². The Morgan fingerprint density at radius 2 is 1.70 bits per heavy atom. The molecule has 2 amide bonds. The molecule has 1 N–H and O–H groups in total. The van der Waals surface area contributed by atoms with Gasteiger partial charge in [0.2, 0.25) is 11.8 Å². The van der Waals surface area contributed by atoms with Crippen LogP contribution in [-0.2, 0) is 16.0 Å². The minimum Gasteiger partial charge on any atom is -0.497 e. The molecule has 1 heterocycles. The Labute approximate surface area is 137 Å². The second kappa shape index (κ2) is 8.53. The number of hydrogen-bond donors (Lipinski definition) is 1. The van der Waals surface area contributed by atoms with Gasteiger partial charge in [0, 0.05) is 33.1 Å². The molecule has 1 aromatic carbocycles. The summed E-state index contributed by atoms with van der Waals surface area (Å²) in [6.07, 6.45) is 0.870. The highest BCUT2D eigenvalue weighted by molar-refractivity contribution is 5.79. The summed E-state index contributed by atoms with van der Waals surface area (Å²) >= 11 is 0. The Bertz CT molecular complexity index is 522. The first-order valence-corrected chi connectivity index (χ1v) is 7.97. The van der Waals surface area contributed by atoms with Crippen LogP contribution in [0.25, 0.3) is 0 Å². The Morgan fingerprint density at radius 1 is 1.09 bits per heavy atom. The van der Waals surface area contributed by atoms with Crippen LogP contribution in [0.15, 0.2) is 24.3 Å². The molecule has 1 fully saturated rings. The molecule has 2 rings (SSSR count). The van der Waals surface area contributed by atoms with Crippen LogP contribution < -0.4 is 10.1 Å². The highest BCUT2D eigenvalue weighted by Crippen LogP contribution is 2.11. The molecule has 0 radical (unpaired) electrons. The van der Waals surface area contributed by atoms with Gasteiger partial charge in [0.25, 0.3) is 0 Å². The van der Waals surface area contributed by atoms with E-state index in [9.17, 15) is 9.59 Å². The molecule has 23 heavy (non-hydrogen) atoms. The van der Waals surface area contributed by atoms with Gasteiger partial charge in [-0.15, -0.1) is 0 Å². The van der Waals surface area contributed by atoms with Gasteiger partial charge in [-0.25, -0.2) is 0 Å². The molecule has 1 aliphatic heterocycles. The van der Waals surface area contributed by atoms with Gasteiger partial charge in [-0.3, -0.25) is 9.59 Å². The molecule has 0 bridgehead atoms. The second-order valence-electron chi connectivity index (χ2n) is 5.66. The summed E-state index contributed by atoms with van der Waals surface area (Å²) in [5, 5.41) is 3.19. The Hall–Kier alpha value is -2.08. The van der Waals surface area contributed by atoms with Crippen molar-refractivity contribution in [3.05, 3.63) is 29.8 Å². The van der Waals surface area contributed by atoms with Gasteiger partial charge >= 0.3 is 0 Å². The number of hydrogen-bond acceptors (Lipinski definition) is 4. The summed E-state index contributed by atoms with van der Waals surface area (Å²) in [7, 11) is 1.65. The third-order valence-corrected chi connectivity index (χ3v) is 4.10. The number of nitrogens with one attached hydrogen (secondary N) is 1. The first kappa shape index (κ1) is 17.3. The lowest BCUT2D eigenvalue weighted by Gasteiger charge is -2.34. The van der Waals surface area contributed by atoms with Gasteiger partial charge in [0.05, 0.1) is 13.7 Å². The third kappa shape index (κ3) is 5.25. The molecule has 0 atom stereocenters. The van der Waals surface area contributed by atoms with Crippen molar-refractivity contribution in [1.29, 1.82) is 0 Å². The van der Waals surface area contributed by atoms with Crippen LogP contribution in [0, 0.1) is 0 Å². The number of benzene rings is 1. The maximum Gasteiger partial charge on any atom is 0.236 e. The van der Waals surface area contributed by atoms with E-state index in [2.05, 4.69) is 5.32 Å². The summed E-state index contributed by atoms with van der Waals surface area (Å²) in [5.41, 5.74) is 1.21. The lowest BCUT2D eigenvalue weighted by atomic mass is 10.1. The average Bonchev–Trinajstić information content (AvgIpc) is 2.59. The van der Waals surface area contributed by atoms with Crippen molar-refractivity contribution in [3.63, 3.8) is 0 Å². The quantitative estimate of drug-likeness (QED) is 0.777. The van der Waals surface area contributed by atoms with Crippen LogP contribution in [0.2, 0.25) is 0 Å². The van der Waals surface area contributed by atoms with Crippen LogP contribution >= 0.6 is 0 Å². The van der Waals surface area contributed by atoms with E-state index in [1.165, 1.54) is 5.56 Å². The number of ether oxygens (including phenoxy) is 1. The van der Waals surface area contributed by atoms with Crippen LogP contribution in [0.3, 0.4) is 0 Å². The fourth-order valence-electron chi connectivity index (χ4n) is 2.60. The topological polar surface area (TPSA) is 61.9 Å². The molecule has 126 valence electrons. The van der Waals surface area contributed by atoms with Gasteiger partial charge in [-0.2, -0.15) is 0 Å². The maximum absolute atomic E-state index is 12.1. The Kier molecular flexibility index (Phi) is 6.40. The van der Waals surface area contributed by atoms with Gasteiger partial charge in [-0.05, 0) is 30.7 Å². The van der Waals surface area contributed by atoms with Gasteiger partial charge < -0.3 is 19.9 Å². The summed E-state index contributed by atoms with van der Waals surface area (Å²) in [6, 6.07) is 7.94. The van der Waals surface area contributed by atoms with Crippen LogP contribution in [0.4, 0.5) is 0 Å². The summed E-state index contributed by atoms with van der Waals surface area (Å²) < 4.78 is 5.13. The van der Waals surface area contributed by atoms with Crippen molar-refractivity contribution in [1.82, 2.24) is 15.1 Å². The number of carbonyl (C=O) groups excluding carboxylic acids is 2. The molecule has 0 unspecified atom stereocenters. The molecule has 0 saturated carbocycles. The third-order valence-electron chi connectivity index (χ3n) is 4.10. The van der Waals surface area contributed by atoms with Crippen LogP contribution in [0.1, 0.15) is 12.5 Å². The molecular weight excluding hydrogens is 294 g/mol. The number of piperazine rings is 1. The zero-order valence-electron chi connectivity index (χ0n) is 13.9. The van der Waals surface area contributed by atoms with E-state index in [4.69, 9.17) is 4.74 Å². The van der Waals surface area contributed by atoms with Crippen molar-refractivity contribution in [2.75, 3.05) is 46.4 Å². The predicted molar refractivity (Wildman–Crippen MR) is 88.4 cm³/mol. The van der Waals surface area contributed by atoms with Gasteiger partial charge in [0.1, 0.15) is 5.75 Å². The minimum atomic E-state index is 0.0784. The minimum absolute atomic E-state index is 0.0784.